The first-order chi connectivity index (χ1) is 19.6. The molecule has 0 saturated carbocycles. The maximum Gasteiger partial charge on any atom is 0.234 e. The van der Waals surface area contributed by atoms with E-state index in [0.717, 1.165) is 49.5 Å². The molecule has 3 heterocycles. The van der Waals surface area contributed by atoms with Gasteiger partial charge < -0.3 is 24.3 Å². The number of fused-ring (bicyclic) bond motifs is 2. The van der Waals surface area contributed by atoms with E-state index in [1.807, 2.05) is 72.8 Å². The Morgan fingerprint density at radius 1 is 1.02 bits per heavy atom. The zero-order chi connectivity index (χ0) is 27.3. The van der Waals surface area contributed by atoms with Crippen LogP contribution in [-0.2, 0) is 4.79 Å². The molecular formula is C31H34N4O5. The summed E-state index contributed by atoms with van der Waals surface area (Å²) in [6.07, 6.45) is 0.147. The van der Waals surface area contributed by atoms with Gasteiger partial charge in [-0.2, -0.15) is 0 Å². The lowest BCUT2D eigenvalue weighted by molar-refractivity contribution is -0.123. The van der Waals surface area contributed by atoms with Crippen LogP contribution in [0.15, 0.2) is 77.2 Å². The number of ether oxygens (including phenoxy) is 2. The van der Waals surface area contributed by atoms with Crippen molar-refractivity contribution in [1.82, 2.24) is 20.1 Å². The van der Waals surface area contributed by atoms with E-state index in [0.29, 0.717) is 42.4 Å². The number of piperazine rings is 1. The lowest BCUT2D eigenvalue weighted by atomic mass is 10.0. The first-order valence-corrected chi connectivity index (χ1v) is 13.8. The summed E-state index contributed by atoms with van der Waals surface area (Å²) in [5, 5.41) is 13.8. The Kier molecular flexibility index (Phi) is 7.94. The van der Waals surface area contributed by atoms with E-state index in [1.165, 1.54) is 0 Å². The minimum absolute atomic E-state index is 0.00944. The van der Waals surface area contributed by atoms with Crippen LogP contribution in [0.2, 0.25) is 0 Å². The highest BCUT2D eigenvalue weighted by Crippen LogP contribution is 2.31. The molecule has 2 N–H and O–H groups in total. The van der Waals surface area contributed by atoms with Crippen LogP contribution in [-0.4, -0.2) is 84.4 Å². The van der Waals surface area contributed by atoms with Crippen LogP contribution in [0.3, 0.4) is 0 Å². The van der Waals surface area contributed by atoms with Crippen molar-refractivity contribution < 1.29 is 23.8 Å². The molecule has 0 aliphatic carbocycles. The molecule has 2 unspecified atom stereocenters. The zero-order valence-electron chi connectivity index (χ0n) is 22.4. The van der Waals surface area contributed by atoms with Crippen LogP contribution in [0.4, 0.5) is 0 Å². The fraction of sp³-hybridized carbons (Fsp3) is 0.355. The molecular weight excluding hydrogens is 508 g/mol. The predicted molar refractivity (Wildman–Crippen MR) is 151 cm³/mol. The molecule has 0 bridgehead atoms. The van der Waals surface area contributed by atoms with Gasteiger partial charge in [-0.15, -0.1) is 0 Å². The van der Waals surface area contributed by atoms with E-state index in [9.17, 15) is 9.90 Å². The number of aliphatic hydroxyl groups is 1. The Labute approximate surface area is 233 Å². The summed E-state index contributed by atoms with van der Waals surface area (Å²) in [5.41, 5.74) is 3.37. The summed E-state index contributed by atoms with van der Waals surface area (Å²) in [7, 11) is 0. The molecule has 1 fully saturated rings. The number of para-hydroxylation sites is 1. The summed E-state index contributed by atoms with van der Waals surface area (Å²) in [4.78, 5) is 21.7. The van der Waals surface area contributed by atoms with Crippen LogP contribution in [0.1, 0.15) is 18.0 Å². The third-order valence-electron chi connectivity index (χ3n) is 7.42. The van der Waals surface area contributed by atoms with Crippen molar-refractivity contribution in [3.8, 4) is 23.0 Å². The van der Waals surface area contributed by atoms with Gasteiger partial charge in [0, 0.05) is 56.3 Å². The third-order valence-corrected chi connectivity index (χ3v) is 7.42. The summed E-state index contributed by atoms with van der Waals surface area (Å²) in [6, 6.07) is 23.2. The second-order valence-electron chi connectivity index (χ2n) is 10.4. The first-order valence-electron chi connectivity index (χ1n) is 13.8. The molecule has 3 aromatic carbocycles. The van der Waals surface area contributed by atoms with Gasteiger partial charge in [-0.05, 0) is 30.3 Å². The number of aromatic nitrogens is 1. The minimum atomic E-state index is -0.628. The molecule has 2 atom stereocenters. The number of β-amino-alcohol motifs (C(OH)–C–C–N with tert-alkyl or cyclic N) is 1. The quantitative estimate of drug-likeness (QED) is 0.332. The van der Waals surface area contributed by atoms with Crippen LogP contribution in [0.25, 0.3) is 22.6 Å². The van der Waals surface area contributed by atoms with E-state index < -0.39 is 6.10 Å². The summed E-state index contributed by atoms with van der Waals surface area (Å²) in [5.74, 6) is 2.09. The number of nitrogens with zero attached hydrogens (tertiary/aromatic N) is 3. The highest BCUT2D eigenvalue weighted by molar-refractivity contribution is 5.79. The second kappa shape index (κ2) is 12.1. The van der Waals surface area contributed by atoms with Crippen LogP contribution in [0.5, 0.6) is 11.5 Å². The topological polar surface area (TPSA) is 100 Å². The third kappa shape index (κ3) is 6.28. The average Bonchev–Trinajstić information content (AvgIpc) is 3.41. The zero-order valence-corrected chi connectivity index (χ0v) is 22.4. The van der Waals surface area contributed by atoms with E-state index in [-0.39, 0.29) is 18.6 Å². The largest absolute Gasteiger partial charge is 0.493 e. The Bertz CT molecular complexity index is 1430. The number of aliphatic hydroxyl groups excluding tert-OH is 1. The normalized spacial score (nSPS) is 18.6. The molecule has 4 aromatic rings. The van der Waals surface area contributed by atoms with E-state index >= 15 is 0 Å². The van der Waals surface area contributed by atoms with Crippen molar-refractivity contribution in [3.05, 3.63) is 78.4 Å². The monoisotopic (exact) mass is 542 g/mol. The molecule has 2 aliphatic heterocycles. The molecule has 9 heteroatoms. The van der Waals surface area contributed by atoms with Crippen molar-refractivity contribution in [2.75, 3.05) is 52.5 Å². The number of benzene rings is 3. The first kappa shape index (κ1) is 26.3. The van der Waals surface area contributed by atoms with E-state index in [1.54, 1.807) is 0 Å². The van der Waals surface area contributed by atoms with Crippen molar-refractivity contribution in [3.63, 3.8) is 0 Å². The molecule has 1 aromatic heterocycles. The second-order valence-corrected chi connectivity index (χ2v) is 10.4. The van der Waals surface area contributed by atoms with Gasteiger partial charge in [-0.3, -0.25) is 14.6 Å². The maximum atomic E-state index is 12.7. The standard InChI is InChI=1S/C31H34N4O5/c36-23(21-39-24-10-11-29-27(18-24)33-31(40-29)22-6-2-1-3-7-22)19-34-13-15-35(16-14-34)20-30(37)32-26-12-17-38-28-9-5-4-8-25(26)28/h1-11,18,23,26,36H,12-17,19-21H2,(H,32,37). The molecule has 1 saturated heterocycles. The molecule has 1 amide bonds. The number of carbonyl (C=O) groups is 1. The van der Waals surface area contributed by atoms with Crippen molar-refractivity contribution in [1.29, 1.82) is 0 Å². The number of nitrogens with one attached hydrogen (secondary N) is 1. The van der Waals surface area contributed by atoms with Gasteiger partial charge in [0.2, 0.25) is 11.8 Å². The van der Waals surface area contributed by atoms with Gasteiger partial charge >= 0.3 is 0 Å². The average molecular weight is 543 g/mol. The molecule has 9 nitrogen and oxygen atoms in total. The SMILES string of the molecule is O=C(CN1CCN(CC(O)COc2ccc3oc(-c4ccccc4)nc3c2)CC1)NC1CCOc2ccccc21. The fourth-order valence-electron chi connectivity index (χ4n) is 5.31. The minimum Gasteiger partial charge on any atom is -0.493 e. The highest BCUT2D eigenvalue weighted by atomic mass is 16.5. The number of amides is 1. The molecule has 0 radical (unpaired) electrons. The van der Waals surface area contributed by atoms with Crippen LogP contribution < -0.4 is 14.8 Å². The van der Waals surface area contributed by atoms with E-state index in [4.69, 9.17) is 13.9 Å². The lowest BCUT2D eigenvalue weighted by Gasteiger charge is -2.35. The van der Waals surface area contributed by atoms with Crippen LogP contribution in [0, 0.1) is 0 Å². The Balaban J connectivity index is 0.932. The smallest absolute Gasteiger partial charge is 0.234 e. The van der Waals surface area contributed by atoms with Crippen molar-refractivity contribution in [2.24, 2.45) is 0 Å². The van der Waals surface area contributed by atoms with Gasteiger partial charge in [0.1, 0.15) is 29.7 Å². The highest BCUT2D eigenvalue weighted by Gasteiger charge is 2.25. The molecule has 6 rings (SSSR count). The molecule has 2 aliphatic rings. The summed E-state index contributed by atoms with van der Waals surface area (Å²) in [6.45, 7) is 4.81. The van der Waals surface area contributed by atoms with Gasteiger partial charge in [0.15, 0.2) is 5.58 Å². The molecule has 0 spiro atoms. The van der Waals surface area contributed by atoms with Gasteiger partial charge in [-0.25, -0.2) is 4.98 Å². The number of oxazole rings is 1. The van der Waals surface area contributed by atoms with Gasteiger partial charge in [0.05, 0.1) is 19.2 Å². The van der Waals surface area contributed by atoms with Crippen LogP contribution >= 0.6 is 0 Å². The summed E-state index contributed by atoms with van der Waals surface area (Å²) >= 11 is 0. The maximum absolute atomic E-state index is 12.7. The number of hydrogen-bond acceptors (Lipinski definition) is 8. The Morgan fingerprint density at radius 3 is 2.65 bits per heavy atom. The molecule has 208 valence electrons. The van der Waals surface area contributed by atoms with Crippen molar-refractivity contribution in [2.45, 2.75) is 18.6 Å². The molecule has 40 heavy (non-hydrogen) atoms. The van der Waals surface area contributed by atoms with Gasteiger partial charge in [-0.1, -0.05) is 36.4 Å². The van der Waals surface area contributed by atoms with Gasteiger partial charge in [0.25, 0.3) is 0 Å². The number of hydrogen-bond donors (Lipinski definition) is 2. The van der Waals surface area contributed by atoms with Crippen molar-refractivity contribution >= 4 is 17.0 Å². The van der Waals surface area contributed by atoms with E-state index in [2.05, 4.69) is 20.1 Å². The predicted octanol–water partition coefficient (Wildman–Crippen LogP) is 3.49. The number of rotatable bonds is 9. The fourth-order valence-corrected chi connectivity index (χ4v) is 5.31. The Hall–Kier alpha value is -3.92. The lowest BCUT2D eigenvalue weighted by Crippen LogP contribution is -2.51. The number of carbonyl (C=O) groups excluding carboxylic acids is 1. The Morgan fingerprint density at radius 2 is 1.80 bits per heavy atom. The summed E-state index contributed by atoms with van der Waals surface area (Å²) < 4.78 is 17.4.